The molecule has 1 aliphatic heterocycles. The van der Waals surface area contributed by atoms with Crippen LogP contribution in [0, 0.1) is 0 Å². The largest absolute Gasteiger partial charge is 0.497 e. The van der Waals surface area contributed by atoms with Gasteiger partial charge in [-0.1, -0.05) is 48.5 Å². The van der Waals surface area contributed by atoms with E-state index in [-0.39, 0.29) is 5.91 Å². The van der Waals surface area contributed by atoms with Crippen LogP contribution in [0.15, 0.2) is 71.4 Å². The maximum absolute atomic E-state index is 12.3. The quantitative estimate of drug-likeness (QED) is 0.808. The molecule has 0 aliphatic carbocycles. The number of likely N-dealkylation sites (N-methyl/N-ethyl adjacent to an activating group) is 1. The van der Waals surface area contributed by atoms with Gasteiger partial charge in [0.1, 0.15) is 17.3 Å². The van der Waals surface area contributed by atoms with E-state index in [0.29, 0.717) is 11.5 Å². The fraction of sp³-hybridized carbons (Fsp3) is 0.100. The Labute approximate surface area is 141 Å². The van der Waals surface area contributed by atoms with Crippen molar-refractivity contribution in [1.82, 2.24) is 4.90 Å². The summed E-state index contributed by atoms with van der Waals surface area (Å²) in [4.78, 5) is 18.3. The van der Waals surface area contributed by atoms with Crippen molar-refractivity contribution in [1.29, 1.82) is 0 Å². The molecule has 1 aliphatic rings. The molecule has 1 heterocycles. The molecule has 0 unspecified atom stereocenters. The predicted molar refractivity (Wildman–Crippen MR) is 96.7 cm³/mol. The highest BCUT2D eigenvalue weighted by molar-refractivity contribution is 6.18. The van der Waals surface area contributed by atoms with Gasteiger partial charge in [0.05, 0.1) is 7.11 Å². The Morgan fingerprint density at radius 1 is 0.958 bits per heavy atom. The summed E-state index contributed by atoms with van der Waals surface area (Å²) in [5.41, 5.74) is 2.40. The van der Waals surface area contributed by atoms with Gasteiger partial charge in [-0.25, -0.2) is 4.99 Å². The summed E-state index contributed by atoms with van der Waals surface area (Å²) < 4.78 is 5.14. The molecule has 2 aromatic rings. The highest BCUT2D eigenvalue weighted by Crippen LogP contribution is 2.19. The Bertz CT molecular complexity index is 818. The highest BCUT2D eigenvalue weighted by atomic mass is 16.5. The number of rotatable bonds is 4. The molecule has 0 fully saturated rings. The van der Waals surface area contributed by atoms with Gasteiger partial charge in [0.2, 0.25) is 0 Å². The first kappa shape index (κ1) is 15.7. The normalized spacial score (nSPS) is 16.1. The lowest BCUT2D eigenvalue weighted by Crippen LogP contribution is -2.26. The van der Waals surface area contributed by atoms with E-state index in [1.54, 1.807) is 25.1 Å². The Balaban J connectivity index is 1.83. The van der Waals surface area contributed by atoms with Crippen molar-refractivity contribution in [3.63, 3.8) is 0 Å². The third-order valence-corrected chi connectivity index (χ3v) is 3.75. The van der Waals surface area contributed by atoms with Gasteiger partial charge in [0.25, 0.3) is 5.91 Å². The molecular formula is C20H18N2O2. The monoisotopic (exact) mass is 318 g/mol. The number of aliphatic imine (C=N–C) groups is 1. The number of methoxy groups -OCH3 is 1. The lowest BCUT2D eigenvalue weighted by molar-refractivity contribution is -0.121. The van der Waals surface area contributed by atoms with Gasteiger partial charge in [-0.05, 0) is 35.4 Å². The van der Waals surface area contributed by atoms with Crippen LogP contribution in [-0.2, 0) is 4.79 Å². The minimum absolute atomic E-state index is 0.112. The number of carbonyl (C=O) groups excluding carboxylic acids is 1. The van der Waals surface area contributed by atoms with E-state index in [9.17, 15) is 4.79 Å². The van der Waals surface area contributed by atoms with Crippen LogP contribution in [0.25, 0.3) is 12.2 Å². The Kier molecular flexibility index (Phi) is 4.57. The van der Waals surface area contributed by atoms with Crippen LogP contribution in [0.2, 0.25) is 0 Å². The third kappa shape index (κ3) is 3.43. The molecule has 0 atom stereocenters. The van der Waals surface area contributed by atoms with Gasteiger partial charge in [0.15, 0.2) is 0 Å². The van der Waals surface area contributed by atoms with Gasteiger partial charge in [-0.3, -0.25) is 9.69 Å². The predicted octanol–water partition coefficient (Wildman–Crippen LogP) is 3.62. The van der Waals surface area contributed by atoms with Gasteiger partial charge >= 0.3 is 0 Å². The van der Waals surface area contributed by atoms with E-state index in [4.69, 9.17) is 4.74 Å². The number of ether oxygens (including phenoxy) is 1. The number of amidine groups is 1. The van der Waals surface area contributed by atoms with Crippen molar-refractivity contribution >= 4 is 23.9 Å². The summed E-state index contributed by atoms with van der Waals surface area (Å²) in [6.45, 7) is 0. The standard InChI is InChI=1S/C20H18N2O2/c1-22-19(13-10-15-6-4-3-5-7-15)21-18(20(22)23)14-16-8-11-17(24-2)12-9-16/h3-14H,1-2H3/b13-10+,18-14+. The van der Waals surface area contributed by atoms with Crippen molar-refractivity contribution in [3.8, 4) is 5.75 Å². The number of carbonyl (C=O) groups is 1. The van der Waals surface area contributed by atoms with Gasteiger partial charge in [0, 0.05) is 7.05 Å². The summed E-state index contributed by atoms with van der Waals surface area (Å²) in [5, 5.41) is 0. The average Bonchev–Trinajstić information content (AvgIpc) is 2.89. The second kappa shape index (κ2) is 6.96. The minimum Gasteiger partial charge on any atom is -0.497 e. The number of hydrogen-bond donors (Lipinski definition) is 0. The number of amides is 1. The molecule has 4 nitrogen and oxygen atoms in total. The second-order valence-corrected chi connectivity index (χ2v) is 5.38. The van der Waals surface area contributed by atoms with Gasteiger partial charge < -0.3 is 4.74 Å². The third-order valence-electron chi connectivity index (χ3n) is 3.75. The Morgan fingerprint density at radius 2 is 1.67 bits per heavy atom. The van der Waals surface area contributed by atoms with Crippen LogP contribution in [0.5, 0.6) is 5.75 Å². The molecule has 0 spiro atoms. The minimum atomic E-state index is -0.112. The molecule has 3 rings (SSSR count). The van der Waals surface area contributed by atoms with E-state index >= 15 is 0 Å². The first-order valence-electron chi connectivity index (χ1n) is 7.63. The molecule has 0 N–H and O–H groups in total. The first-order chi connectivity index (χ1) is 11.7. The van der Waals surface area contributed by atoms with Crippen molar-refractivity contribution in [2.24, 2.45) is 4.99 Å². The van der Waals surface area contributed by atoms with Crippen LogP contribution in [0.1, 0.15) is 11.1 Å². The van der Waals surface area contributed by atoms with E-state index in [1.165, 1.54) is 0 Å². The molecule has 0 saturated heterocycles. The van der Waals surface area contributed by atoms with Crippen LogP contribution < -0.4 is 4.74 Å². The summed E-state index contributed by atoms with van der Waals surface area (Å²) in [5.74, 6) is 1.30. The number of hydrogen-bond acceptors (Lipinski definition) is 3. The maximum atomic E-state index is 12.3. The van der Waals surface area contributed by atoms with Crippen molar-refractivity contribution in [3.05, 3.63) is 77.5 Å². The van der Waals surface area contributed by atoms with E-state index in [0.717, 1.165) is 16.9 Å². The van der Waals surface area contributed by atoms with Crippen molar-refractivity contribution < 1.29 is 9.53 Å². The van der Waals surface area contributed by atoms with Gasteiger partial charge in [-0.15, -0.1) is 0 Å². The van der Waals surface area contributed by atoms with E-state index in [2.05, 4.69) is 4.99 Å². The summed E-state index contributed by atoms with van der Waals surface area (Å²) in [6, 6.07) is 17.4. The van der Waals surface area contributed by atoms with Crippen molar-refractivity contribution in [2.75, 3.05) is 14.2 Å². The molecule has 0 saturated carbocycles. The SMILES string of the molecule is COc1ccc(/C=C2N=C(/C=C/c3ccccc3)N(C)C/2=O)cc1. The lowest BCUT2D eigenvalue weighted by Gasteiger charge is -2.07. The zero-order valence-corrected chi connectivity index (χ0v) is 13.6. The van der Waals surface area contributed by atoms with Crippen LogP contribution in [0.3, 0.4) is 0 Å². The van der Waals surface area contributed by atoms with Gasteiger partial charge in [-0.2, -0.15) is 0 Å². The summed E-state index contributed by atoms with van der Waals surface area (Å²) in [6.07, 6.45) is 5.57. The number of nitrogens with zero attached hydrogens (tertiary/aromatic N) is 2. The molecular weight excluding hydrogens is 300 g/mol. The average molecular weight is 318 g/mol. The molecule has 1 amide bonds. The molecule has 0 aromatic heterocycles. The highest BCUT2D eigenvalue weighted by Gasteiger charge is 2.24. The molecule has 0 bridgehead atoms. The topological polar surface area (TPSA) is 41.9 Å². The molecule has 24 heavy (non-hydrogen) atoms. The second-order valence-electron chi connectivity index (χ2n) is 5.38. The molecule has 4 heteroatoms. The van der Waals surface area contributed by atoms with Crippen LogP contribution in [0.4, 0.5) is 0 Å². The van der Waals surface area contributed by atoms with Crippen LogP contribution in [-0.4, -0.2) is 30.8 Å². The zero-order chi connectivity index (χ0) is 16.9. The Hall–Kier alpha value is -3.14. The molecule has 2 aromatic carbocycles. The summed E-state index contributed by atoms with van der Waals surface area (Å²) >= 11 is 0. The zero-order valence-electron chi connectivity index (χ0n) is 13.6. The first-order valence-corrected chi connectivity index (χ1v) is 7.63. The fourth-order valence-electron chi connectivity index (χ4n) is 2.36. The van der Waals surface area contributed by atoms with E-state index < -0.39 is 0 Å². The smallest absolute Gasteiger partial charge is 0.277 e. The fourth-order valence-corrected chi connectivity index (χ4v) is 2.36. The van der Waals surface area contributed by atoms with Crippen molar-refractivity contribution in [2.45, 2.75) is 0 Å². The molecule has 120 valence electrons. The maximum Gasteiger partial charge on any atom is 0.277 e. The lowest BCUT2D eigenvalue weighted by atomic mass is 10.2. The molecule has 0 radical (unpaired) electrons. The van der Waals surface area contributed by atoms with E-state index in [1.807, 2.05) is 66.7 Å². The number of benzene rings is 2. The van der Waals surface area contributed by atoms with Crippen LogP contribution >= 0.6 is 0 Å². The summed E-state index contributed by atoms with van der Waals surface area (Å²) in [7, 11) is 3.35. The Morgan fingerprint density at radius 3 is 2.33 bits per heavy atom.